The Hall–Kier alpha value is -1.14. The van der Waals surface area contributed by atoms with Crippen LogP contribution in [0.5, 0.6) is 0 Å². The Labute approximate surface area is 136 Å². The monoisotopic (exact) mass is 388 g/mol. The second-order valence-corrected chi connectivity index (χ2v) is 8.88. The van der Waals surface area contributed by atoms with Crippen LogP contribution in [0.25, 0.3) is 0 Å². The van der Waals surface area contributed by atoms with Gasteiger partial charge in [0.15, 0.2) is 0 Å². The molecule has 2 rings (SSSR count). The Morgan fingerprint density at radius 3 is 2.81 bits per heavy atom. The van der Waals surface area contributed by atoms with Crippen molar-refractivity contribution < 1.29 is 12.8 Å². The molecule has 0 saturated carbocycles. The highest BCUT2D eigenvalue weighted by Gasteiger charge is 2.27. The van der Waals surface area contributed by atoms with Crippen molar-refractivity contribution in [3.63, 3.8) is 0 Å². The average molecular weight is 389 g/mol. The minimum atomic E-state index is -3.64. The molecule has 21 heavy (non-hydrogen) atoms. The maximum absolute atomic E-state index is 12.7. The number of nitriles is 1. The minimum Gasteiger partial charge on any atom is -0.468 e. The Morgan fingerprint density at radius 1 is 1.52 bits per heavy atom. The third-order valence-corrected chi connectivity index (χ3v) is 7.24. The van der Waals surface area contributed by atoms with E-state index >= 15 is 0 Å². The molecule has 0 fully saturated rings. The van der Waals surface area contributed by atoms with E-state index in [4.69, 9.17) is 9.68 Å². The van der Waals surface area contributed by atoms with E-state index < -0.39 is 10.0 Å². The van der Waals surface area contributed by atoms with Crippen molar-refractivity contribution >= 4 is 37.3 Å². The molecule has 0 aliphatic heterocycles. The van der Waals surface area contributed by atoms with Crippen molar-refractivity contribution in [2.45, 2.75) is 24.1 Å². The van der Waals surface area contributed by atoms with E-state index in [2.05, 4.69) is 15.9 Å². The van der Waals surface area contributed by atoms with Crippen LogP contribution in [0, 0.1) is 18.3 Å². The lowest BCUT2D eigenvalue weighted by atomic mass is 10.4. The van der Waals surface area contributed by atoms with Crippen LogP contribution >= 0.6 is 27.3 Å². The zero-order valence-corrected chi connectivity index (χ0v) is 14.5. The van der Waals surface area contributed by atoms with Gasteiger partial charge in [0.1, 0.15) is 9.97 Å². The number of furan rings is 1. The molecule has 0 amide bonds. The van der Waals surface area contributed by atoms with Crippen molar-refractivity contribution in [3.8, 4) is 6.07 Å². The topological polar surface area (TPSA) is 74.3 Å². The molecule has 0 spiro atoms. The first-order chi connectivity index (χ1) is 9.95. The molecule has 8 heteroatoms. The minimum absolute atomic E-state index is 0.117. The number of rotatable bonds is 6. The van der Waals surface area contributed by atoms with Crippen LogP contribution in [0.4, 0.5) is 0 Å². The summed E-state index contributed by atoms with van der Waals surface area (Å²) < 4.78 is 32.9. The molecule has 2 aromatic heterocycles. The van der Waals surface area contributed by atoms with Crippen LogP contribution in [0.15, 0.2) is 36.9 Å². The second kappa shape index (κ2) is 6.75. The van der Waals surface area contributed by atoms with Gasteiger partial charge in [0.2, 0.25) is 0 Å². The van der Waals surface area contributed by atoms with Gasteiger partial charge >= 0.3 is 0 Å². The summed E-state index contributed by atoms with van der Waals surface area (Å²) in [4.78, 5) is 0. The molecule has 0 aliphatic carbocycles. The van der Waals surface area contributed by atoms with Crippen LogP contribution in [0.2, 0.25) is 0 Å². The van der Waals surface area contributed by atoms with Gasteiger partial charge in [-0.05, 0) is 46.6 Å². The molecule has 5 nitrogen and oxygen atoms in total. The first-order valence-corrected chi connectivity index (χ1v) is 9.15. The van der Waals surface area contributed by atoms with Crippen molar-refractivity contribution in [1.29, 1.82) is 5.26 Å². The molecule has 0 unspecified atom stereocenters. The van der Waals surface area contributed by atoms with Crippen LogP contribution < -0.4 is 0 Å². The Kier molecular flexibility index (Phi) is 5.22. The summed E-state index contributed by atoms with van der Waals surface area (Å²) in [7, 11) is -3.64. The molecule has 0 N–H and O–H groups in total. The second-order valence-electron chi connectivity index (χ2n) is 4.35. The van der Waals surface area contributed by atoms with E-state index in [1.54, 1.807) is 18.2 Å². The number of hydrogen-bond donors (Lipinski definition) is 0. The molecule has 0 aliphatic rings. The summed E-state index contributed by atoms with van der Waals surface area (Å²) in [6, 6.07) is 7.02. The van der Waals surface area contributed by atoms with Crippen molar-refractivity contribution in [3.05, 3.63) is 39.6 Å². The highest BCUT2D eigenvalue weighted by Crippen LogP contribution is 2.32. The van der Waals surface area contributed by atoms with E-state index in [9.17, 15) is 8.42 Å². The van der Waals surface area contributed by atoms with Crippen LogP contribution in [-0.2, 0) is 16.6 Å². The van der Waals surface area contributed by atoms with E-state index in [1.165, 1.54) is 21.9 Å². The van der Waals surface area contributed by atoms with Crippen LogP contribution in [0.3, 0.4) is 0 Å². The number of sulfonamides is 1. The summed E-state index contributed by atoms with van der Waals surface area (Å²) >= 11 is 4.50. The van der Waals surface area contributed by atoms with E-state index in [0.717, 1.165) is 9.35 Å². The molecule has 2 heterocycles. The van der Waals surface area contributed by atoms with Gasteiger partial charge in [-0.2, -0.15) is 9.57 Å². The maximum atomic E-state index is 12.7. The predicted molar refractivity (Wildman–Crippen MR) is 83.3 cm³/mol. The quantitative estimate of drug-likeness (QED) is 0.758. The smallest absolute Gasteiger partial charge is 0.253 e. The molecule has 0 aromatic carbocycles. The lowest BCUT2D eigenvalue weighted by molar-refractivity contribution is 0.369. The normalized spacial score (nSPS) is 11.7. The summed E-state index contributed by atoms with van der Waals surface area (Å²) in [6.45, 7) is 2.09. The lowest BCUT2D eigenvalue weighted by Crippen LogP contribution is -2.30. The number of thiophene rings is 1. The molecule has 0 bridgehead atoms. The van der Waals surface area contributed by atoms with Gasteiger partial charge in [-0.3, -0.25) is 0 Å². The number of aryl methyl sites for hydroxylation is 1. The molecule has 0 saturated heterocycles. The predicted octanol–water partition coefficient (Wildman–Crippen LogP) is 3.52. The van der Waals surface area contributed by atoms with Gasteiger partial charge < -0.3 is 4.42 Å². The van der Waals surface area contributed by atoms with Crippen molar-refractivity contribution in [1.82, 2.24) is 4.31 Å². The van der Waals surface area contributed by atoms with Crippen LogP contribution in [0.1, 0.15) is 17.7 Å². The average Bonchev–Trinajstić information content (AvgIpc) is 3.05. The highest BCUT2D eigenvalue weighted by atomic mass is 79.9. The van der Waals surface area contributed by atoms with Gasteiger partial charge in [-0.25, -0.2) is 8.42 Å². The van der Waals surface area contributed by atoms with E-state index in [1.807, 2.05) is 13.0 Å². The summed E-state index contributed by atoms with van der Waals surface area (Å²) in [5.41, 5.74) is 0.872. The van der Waals surface area contributed by atoms with Gasteiger partial charge in [0.05, 0.1) is 22.7 Å². The largest absolute Gasteiger partial charge is 0.468 e. The van der Waals surface area contributed by atoms with Crippen molar-refractivity contribution in [2.24, 2.45) is 0 Å². The molecule has 2 aromatic rings. The fourth-order valence-electron chi connectivity index (χ4n) is 1.72. The molecule has 112 valence electrons. The van der Waals surface area contributed by atoms with Crippen molar-refractivity contribution in [2.75, 3.05) is 6.54 Å². The third-order valence-electron chi connectivity index (χ3n) is 2.81. The first-order valence-electron chi connectivity index (χ1n) is 6.10. The summed E-state index contributed by atoms with van der Waals surface area (Å²) in [5.74, 6) is 0.545. The Bertz CT molecular complexity index is 725. The third kappa shape index (κ3) is 3.74. The Morgan fingerprint density at radius 2 is 2.29 bits per heavy atom. The highest BCUT2D eigenvalue weighted by molar-refractivity contribution is 9.11. The number of halogens is 1. The first kappa shape index (κ1) is 16.2. The SMILES string of the molecule is Cc1cc(S(=O)(=O)N(CCC#N)Cc2ccco2)sc1Br. The lowest BCUT2D eigenvalue weighted by Gasteiger charge is -2.18. The van der Waals surface area contributed by atoms with Gasteiger partial charge in [-0.1, -0.05) is 0 Å². The standard InChI is InChI=1S/C13H13BrN2O3S2/c1-10-8-12(20-13(10)14)21(17,18)16(6-3-5-15)9-11-4-2-7-19-11/h2,4,7-8H,3,6,9H2,1H3. The van der Waals surface area contributed by atoms with Gasteiger partial charge in [0, 0.05) is 13.0 Å². The zero-order chi connectivity index (χ0) is 15.5. The fraction of sp³-hybridized carbons (Fsp3) is 0.308. The Balaban J connectivity index is 2.32. The fourth-order valence-corrected chi connectivity index (χ4v) is 5.51. The molecular formula is C13H13BrN2O3S2. The molecule has 0 radical (unpaired) electrons. The molecule has 0 atom stereocenters. The van der Waals surface area contributed by atoms with Gasteiger partial charge in [0.25, 0.3) is 10.0 Å². The number of hydrogen-bond acceptors (Lipinski definition) is 5. The summed E-state index contributed by atoms with van der Waals surface area (Å²) in [6.07, 6.45) is 1.63. The number of nitrogens with zero attached hydrogens (tertiary/aromatic N) is 2. The maximum Gasteiger partial charge on any atom is 0.253 e. The van der Waals surface area contributed by atoms with E-state index in [-0.39, 0.29) is 23.7 Å². The van der Waals surface area contributed by atoms with Gasteiger partial charge in [-0.15, -0.1) is 11.3 Å². The summed E-state index contributed by atoms with van der Waals surface area (Å²) in [5, 5.41) is 8.73. The zero-order valence-electron chi connectivity index (χ0n) is 11.2. The van der Waals surface area contributed by atoms with E-state index in [0.29, 0.717) is 5.76 Å². The molecular weight excluding hydrogens is 376 g/mol. The van der Waals surface area contributed by atoms with Crippen LogP contribution in [-0.4, -0.2) is 19.3 Å².